The largest absolute Gasteiger partial charge is 0.379 e. The highest BCUT2D eigenvalue weighted by molar-refractivity contribution is 7.89. The van der Waals surface area contributed by atoms with Gasteiger partial charge in [0.25, 0.3) is 5.91 Å². The average Bonchev–Trinajstić information content (AvgIpc) is 3.48. The molecule has 0 spiro atoms. The number of rotatable bonds is 6. The van der Waals surface area contributed by atoms with Crippen LogP contribution in [0.15, 0.2) is 41.4 Å². The Kier molecular flexibility index (Phi) is 5.50. The number of sulfonamides is 1. The molecule has 1 saturated carbocycles. The maximum atomic E-state index is 13.0. The minimum Gasteiger partial charge on any atom is -0.379 e. The smallest absolute Gasteiger partial charge is 0.268 e. The quantitative estimate of drug-likeness (QED) is 0.782. The van der Waals surface area contributed by atoms with Gasteiger partial charge in [0.2, 0.25) is 10.0 Å². The molecule has 4 rings (SSSR count). The number of aromatic nitrogens is 1. The maximum Gasteiger partial charge on any atom is 0.268 e. The highest BCUT2D eigenvalue weighted by atomic mass is 32.2. The second kappa shape index (κ2) is 7.93. The van der Waals surface area contributed by atoms with Gasteiger partial charge in [-0.05, 0) is 37.3 Å². The van der Waals surface area contributed by atoms with Crippen molar-refractivity contribution in [3.63, 3.8) is 0 Å². The third-order valence-corrected chi connectivity index (χ3v) is 7.50. The highest BCUT2D eigenvalue weighted by Crippen LogP contribution is 2.41. The van der Waals surface area contributed by atoms with Gasteiger partial charge < -0.3 is 14.6 Å². The van der Waals surface area contributed by atoms with Crippen LogP contribution in [0.2, 0.25) is 0 Å². The molecule has 1 aromatic heterocycles. The fraction of sp³-hybridized carbons (Fsp3) is 0.476. The number of carbonyl (C=O) groups excluding carboxylic acids is 1. The average molecular weight is 418 g/mol. The van der Waals surface area contributed by atoms with Crippen molar-refractivity contribution in [1.29, 1.82) is 0 Å². The van der Waals surface area contributed by atoms with Crippen LogP contribution in [0, 0.1) is 12.8 Å². The summed E-state index contributed by atoms with van der Waals surface area (Å²) < 4.78 is 34.0. The molecule has 0 unspecified atom stereocenters. The Bertz CT molecular complexity index is 987. The van der Waals surface area contributed by atoms with Gasteiger partial charge in [0, 0.05) is 26.3 Å². The summed E-state index contributed by atoms with van der Waals surface area (Å²) in [6, 6.07) is 9.62. The van der Waals surface area contributed by atoms with E-state index in [0.29, 0.717) is 37.9 Å². The molecule has 0 radical (unpaired) electrons. The summed E-state index contributed by atoms with van der Waals surface area (Å²) in [5.74, 6) is 0.173. The fourth-order valence-electron chi connectivity index (χ4n) is 3.73. The molecule has 2 heterocycles. The topological polar surface area (TPSA) is 80.6 Å². The van der Waals surface area contributed by atoms with E-state index in [0.717, 1.165) is 18.4 Å². The summed E-state index contributed by atoms with van der Waals surface area (Å²) in [6.07, 6.45) is 3.68. The molecule has 8 heteroatoms. The molecule has 156 valence electrons. The van der Waals surface area contributed by atoms with Gasteiger partial charge in [-0.25, -0.2) is 8.42 Å². The molecule has 1 saturated heterocycles. The van der Waals surface area contributed by atoms with Gasteiger partial charge in [-0.2, -0.15) is 4.31 Å². The first-order valence-electron chi connectivity index (χ1n) is 9.98. The number of nitrogens with one attached hydrogen (secondary N) is 1. The lowest BCUT2D eigenvalue weighted by Gasteiger charge is -2.25. The van der Waals surface area contributed by atoms with Crippen LogP contribution in [-0.4, -0.2) is 49.5 Å². The molecule has 2 aliphatic rings. The number of amides is 1. The van der Waals surface area contributed by atoms with Crippen molar-refractivity contribution in [3.05, 3.63) is 53.3 Å². The third kappa shape index (κ3) is 4.24. The van der Waals surface area contributed by atoms with Crippen molar-refractivity contribution < 1.29 is 17.9 Å². The Labute approximate surface area is 171 Å². The van der Waals surface area contributed by atoms with Crippen molar-refractivity contribution in [1.82, 2.24) is 14.2 Å². The number of ether oxygens (including phenoxy) is 1. The van der Waals surface area contributed by atoms with Crippen LogP contribution in [0.3, 0.4) is 0 Å². The van der Waals surface area contributed by atoms with Crippen LogP contribution in [0.5, 0.6) is 0 Å². The number of aryl methyl sites for hydroxylation is 2. The van der Waals surface area contributed by atoms with E-state index in [1.807, 2.05) is 19.1 Å². The number of nitrogens with zero attached hydrogens (tertiary/aromatic N) is 2. The molecule has 1 aliphatic carbocycles. The lowest BCUT2D eigenvalue weighted by molar-refractivity contribution is 0.0730. The number of morpholine rings is 1. The van der Waals surface area contributed by atoms with E-state index < -0.39 is 10.0 Å². The zero-order valence-electron chi connectivity index (χ0n) is 16.8. The molecule has 1 amide bonds. The van der Waals surface area contributed by atoms with E-state index in [1.54, 1.807) is 11.6 Å². The molecule has 1 atom stereocenters. The molecule has 1 aliphatic heterocycles. The molecule has 1 aromatic carbocycles. The van der Waals surface area contributed by atoms with Gasteiger partial charge in [0.15, 0.2) is 0 Å². The van der Waals surface area contributed by atoms with Gasteiger partial charge in [-0.1, -0.05) is 29.8 Å². The van der Waals surface area contributed by atoms with E-state index in [2.05, 4.69) is 17.4 Å². The van der Waals surface area contributed by atoms with Crippen LogP contribution < -0.4 is 5.32 Å². The van der Waals surface area contributed by atoms with Crippen molar-refractivity contribution in [2.75, 3.05) is 26.3 Å². The highest BCUT2D eigenvalue weighted by Gasteiger charge is 2.34. The Morgan fingerprint density at radius 2 is 1.83 bits per heavy atom. The van der Waals surface area contributed by atoms with Gasteiger partial charge in [0.05, 0.1) is 19.3 Å². The lowest BCUT2D eigenvalue weighted by Crippen LogP contribution is -2.40. The van der Waals surface area contributed by atoms with Crippen molar-refractivity contribution in [2.24, 2.45) is 13.0 Å². The summed E-state index contributed by atoms with van der Waals surface area (Å²) in [7, 11) is -1.93. The zero-order valence-corrected chi connectivity index (χ0v) is 17.6. The van der Waals surface area contributed by atoms with Crippen LogP contribution in [0.4, 0.5) is 0 Å². The van der Waals surface area contributed by atoms with Crippen LogP contribution >= 0.6 is 0 Å². The zero-order chi connectivity index (χ0) is 20.6. The summed E-state index contributed by atoms with van der Waals surface area (Å²) in [5.41, 5.74) is 2.60. The van der Waals surface area contributed by atoms with Crippen LogP contribution in [-0.2, 0) is 21.8 Å². The molecule has 1 N–H and O–H groups in total. The molecule has 2 fully saturated rings. The normalized spacial score (nSPS) is 19.1. The van der Waals surface area contributed by atoms with Gasteiger partial charge in [-0.3, -0.25) is 4.79 Å². The summed E-state index contributed by atoms with van der Waals surface area (Å²) in [6.45, 7) is 3.47. The second-order valence-electron chi connectivity index (χ2n) is 7.89. The lowest BCUT2D eigenvalue weighted by atomic mass is 10.0. The van der Waals surface area contributed by atoms with Gasteiger partial charge in [0.1, 0.15) is 10.6 Å². The first-order chi connectivity index (χ1) is 13.9. The Hall–Kier alpha value is -2.16. The number of hydrogen-bond acceptors (Lipinski definition) is 4. The monoisotopic (exact) mass is 417 g/mol. The number of benzene rings is 1. The van der Waals surface area contributed by atoms with Crippen LogP contribution in [0.1, 0.15) is 40.5 Å². The Balaban J connectivity index is 1.55. The molecular weight excluding hydrogens is 390 g/mol. The summed E-state index contributed by atoms with van der Waals surface area (Å²) in [5, 5.41) is 3.13. The van der Waals surface area contributed by atoms with E-state index >= 15 is 0 Å². The van der Waals surface area contributed by atoms with Crippen molar-refractivity contribution in [2.45, 2.75) is 30.7 Å². The minimum absolute atomic E-state index is 0.0581. The van der Waals surface area contributed by atoms with Crippen molar-refractivity contribution >= 4 is 15.9 Å². The third-order valence-electron chi connectivity index (χ3n) is 5.64. The van der Waals surface area contributed by atoms with E-state index in [4.69, 9.17) is 4.74 Å². The number of hydrogen-bond donors (Lipinski definition) is 1. The molecule has 7 nitrogen and oxygen atoms in total. The fourth-order valence-corrected chi connectivity index (χ4v) is 5.21. The maximum absolute atomic E-state index is 13.0. The van der Waals surface area contributed by atoms with E-state index in [-0.39, 0.29) is 16.8 Å². The summed E-state index contributed by atoms with van der Waals surface area (Å²) >= 11 is 0. The molecular formula is C21H27N3O4S. The van der Waals surface area contributed by atoms with E-state index in [1.165, 1.54) is 22.1 Å². The Morgan fingerprint density at radius 3 is 2.45 bits per heavy atom. The first kappa shape index (κ1) is 20.1. The number of carbonyl (C=O) groups is 1. The SMILES string of the molecule is Cc1ccc([C@H](NC(=O)c2cc(S(=O)(=O)N3CCOCC3)cn2C)C2CC2)cc1. The Morgan fingerprint density at radius 1 is 1.17 bits per heavy atom. The predicted octanol–water partition coefficient (Wildman–Crippen LogP) is 2.24. The van der Waals surface area contributed by atoms with Crippen molar-refractivity contribution in [3.8, 4) is 0 Å². The van der Waals surface area contributed by atoms with Gasteiger partial charge >= 0.3 is 0 Å². The predicted molar refractivity (Wildman–Crippen MR) is 109 cm³/mol. The second-order valence-corrected chi connectivity index (χ2v) is 9.83. The molecule has 0 bridgehead atoms. The first-order valence-corrected chi connectivity index (χ1v) is 11.4. The van der Waals surface area contributed by atoms with Gasteiger partial charge in [-0.15, -0.1) is 0 Å². The molecule has 2 aromatic rings. The standard InChI is InChI=1S/C21H27N3O4S/c1-15-3-5-16(6-4-15)20(17-7-8-17)22-21(25)19-13-18(14-23(19)2)29(26,27)24-9-11-28-12-10-24/h3-6,13-14,17,20H,7-12H2,1-2H3,(H,22,25)/t20-/m0/s1. The van der Waals surface area contributed by atoms with E-state index in [9.17, 15) is 13.2 Å². The van der Waals surface area contributed by atoms with Crippen LogP contribution in [0.25, 0.3) is 0 Å². The molecule has 29 heavy (non-hydrogen) atoms. The minimum atomic E-state index is -3.63. The summed E-state index contributed by atoms with van der Waals surface area (Å²) in [4.78, 5) is 13.1.